The molecule has 0 atom stereocenters. The highest BCUT2D eigenvalue weighted by molar-refractivity contribution is 5.89. The Morgan fingerprint density at radius 3 is 2.70 bits per heavy atom. The zero-order chi connectivity index (χ0) is 16.5. The number of benzene rings is 1. The monoisotopic (exact) mass is 313 g/mol. The van der Waals surface area contributed by atoms with Gasteiger partial charge in [0.25, 0.3) is 0 Å². The molecule has 0 spiro atoms. The first-order valence-electron chi connectivity index (χ1n) is 6.95. The van der Waals surface area contributed by atoms with Crippen molar-refractivity contribution in [2.75, 3.05) is 18.5 Å². The zero-order valence-electron chi connectivity index (χ0n) is 12.6. The number of halogens is 1. The van der Waals surface area contributed by atoms with Crippen LogP contribution in [-0.2, 0) is 0 Å². The first kappa shape index (κ1) is 16.3. The Bertz CT molecular complexity index is 703. The number of nitrogens with one attached hydrogen (secondary N) is 2. The van der Waals surface area contributed by atoms with Gasteiger partial charge in [-0.15, -0.1) is 0 Å². The summed E-state index contributed by atoms with van der Waals surface area (Å²) >= 11 is 0. The Balaban J connectivity index is 1.65. The van der Waals surface area contributed by atoms with Gasteiger partial charge in [-0.3, -0.25) is 4.98 Å². The predicted octanol–water partition coefficient (Wildman–Crippen LogP) is 2.73. The van der Waals surface area contributed by atoms with E-state index in [2.05, 4.69) is 27.5 Å². The summed E-state index contributed by atoms with van der Waals surface area (Å²) in [5.41, 5.74) is 1.42. The summed E-state index contributed by atoms with van der Waals surface area (Å²) in [5.74, 6) is 5.84. The third-order valence-electron chi connectivity index (χ3n) is 2.76. The fraction of sp³-hybridized carbons (Fsp3) is 0.176. The number of carbonyl (C=O) groups is 1. The number of pyridine rings is 1. The molecule has 2 aromatic rings. The lowest BCUT2D eigenvalue weighted by Gasteiger charge is -2.04. The van der Waals surface area contributed by atoms with Crippen molar-refractivity contribution in [1.82, 2.24) is 10.3 Å². The van der Waals surface area contributed by atoms with Crippen LogP contribution >= 0.6 is 0 Å². The van der Waals surface area contributed by atoms with E-state index in [0.717, 1.165) is 5.69 Å². The molecule has 2 N–H and O–H groups in total. The molecule has 1 heterocycles. The number of amides is 2. The number of urea groups is 1. The summed E-state index contributed by atoms with van der Waals surface area (Å²) in [5, 5.41) is 5.13. The lowest BCUT2D eigenvalue weighted by Crippen LogP contribution is -2.28. The maximum atomic E-state index is 12.7. The molecule has 0 fully saturated rings. The third-order valence-corrected chi connectivity index (χ3v) is 2.76. The lowest BCUT2D eigenvalue weighted by atomic mass is 10.3. The average molecular weight is 313 g/mol. The molecule has 0 radical (unpaired) electrons. The number of rotatable bonds is 4. The number of hydrogen-bond donors (Lipinski definition) is 2. The van der Waals surface area contributed by atoms with Crippen molar-refractivity contribution in [3.8, 4) is 17.6 Å². The molecule has 118 valence electrons. The summed E-state index contributed by atoms with van der Waals surface area (Å²) in [6, 6.07) is 8.75. The molecule has 0 bridgehead atoms. The van der Waals surface area contributed by atoms with Crippen molar-refractivity contribution in [2.24, 2.45) is 0 Å². The van der Waals surface area contributed by atoms with E-state index in [1.807, 2.05) is 19.1 Å². The summed E-state index contributed by atoms with van der Waals surface area (Å²) in [4.78, 5) is 15.7. The van der Waals surface area contributed by atoms with Crippen LogP contribution in [0.5, 0.6) is 5.75 Å². The van der Waals surface area contributed by atoms with Gasteiger partial charge in [-0.1, -0.05) is 11.8 Å². The third kappa shape index (κ3) is 6.06. The van der Waals surface area contributed by atoms with Crippen LogP contribution in [0.2, 0.25) is 0 Å². The van der Waals surface area contributed by atoms with E-state index in [0.29, 0.717) is 11.4 Å². The Morgan fingerprint density at radius 1 is 1.22 bits per heavy atom. The molecule has 2 rings (SSSR count). The fourth-order valence-electron chi connectivity index (χ4n) is 1.61. The Hall–Kier alpha value is -3.07. The van der Waals surface area contributed by atoms with E-state index in [1.165, 1.54) is 24.3 Å². The molecule has 0 unspecified atom stereocenters. The number of anilines is 1. The molecule has 1 aromatic carbocycles. The van der Waals surface area contributed by atoms with Crippen molar-refractivity contribution in [2.45, 2.75) is 6.92 Å². The van der Waals surface area contributed by atoms with Crippen molar-refractivity contribution in [3.63, 3.8) is 0 Å². The maximum Gasteiger partial charge on any atom is 0.319 e. The van der Waals surface area contributed by atoms with Gasteiger partial charge in [0, 0.05) is 11.4 Å². The van der Waals surface area contributed by atoms with Gasteiger partial charge in [-0.2, -0.15) is 0 Å². The van der Waals surface area contributed by atoms with Crippen LogP contribution in [0.15, 0.2) is 42.6 Å². The molecule has 0 aliphatic carbocycles. The zero-order valence-corrected chi connectivity index (χ0v) is 12.6. The number of hydrogen-bond acceptors (Lipinski definition) is 3. The number of ether oxygens (including phenoxy) is 1. The highest BCUT2D eigenvalue weighted by atomic mass is 19.1. The van der Waals surface area contributed by atoms with Crippen LogP contribution in [0.25, 0.3) is 0 Å². The van der Waals surface area contributed by atoms with Gasteiger partial charge in [0.1, 0.15) is 18.2 Å². The van der Waals surface area contributed by atoms with Gasteiger partial charge >= 0.3 is 6.03 Å². The summed E-state index contributed by atoms with van der Waals surface area (Å²) in [6.07, 6.45) is 1.63. The number of carbonyl (C=O) groups excluding carboxylic acids is 1. The second-order valence-electron chi connectivity index (χ2n) is 4.59. The summed E-state index contributed by atoms with van der Waals surface area (Å²) in [6.45, 7) is 2.29. The molecule has 23 heavy (non-hydrogen) atoms. The van der Waals surface area contributed by atoms with Gasteiger partial charge in [0.2, 0.25) is 0 Å². The first-order valence-corrected chi connectivity index (χ1v) is 6.95. The first-order chi connectivity index (χ1) is 11.1. The summed E-state index contributed by atoms with van der Waals surface area (Å²) in [7, 11) is 0. The molecule has 0 aliphatic heterocycles. The molecule has 5 nitrogen and oxygen atoms in total. The van der Waals surface area contributed by atoms with E-state index in [9.17, 15) is 9.18 Å². The Labute approximate surface area is 133 Å². The van der Waals surface area contributed by atoms with Crippen LogP contribution in [0.3, 0.4) is 0 Å². The highest BCUT2D eigenvalue weighted by Gasteiger charge is 1.99. The fourth-order valence-corrected chi connectivity index (χ4v) is 1.61. The predicted molar refractivity (Wildman–Crippen MR) is 85.7 cm³/mol. The van der Waals surface area contributed by atoms with Gasteiger partial charge in [0.15, 0.2) is 0 Å². The number of nitrogens with zero attached hydrogens (tertiary/aromatic N) is 1. The molecule has 0 saturated heterocycles. The van der Waals surface area contributed by atoms with Gasteiger partial charge in [-0.25, -0.2) is 9.18 Å². The lowest BCUT2D eigenvalue weighted by molar-refractivity contribution is 0.253. The van der Waals surface area contributed by atoms with Gasteiger partial charge < -0.3 is 15.4 Å². The van der Waals surface area contributed by atoms with Gasteiger partial charge in [0.05, 0.1) is 12.7 Å². The van der Waals surface area contributed by atoms with E-state index < -0.39 is 6.03 Å². The molecular weight excluding hydrogens is 297 g/mol. The van der Waals surface area contributed by atoms with E-state index in [4.69, 9.17) is 4.74 Å². The smallest absolute Gasteiger partial charge is 0.319 e. The minimum absolute atomic E-state index is 0.183. The Kier molecular flexibility index (Phi) is 5.95. The molecule has 2 amide bonds. The molecule has 0 saturated carbocycles. The maximum absolute atomic E-state index is 12.7. The van der Waals surface area contributed by atoms with Crippen molar-refractivity contribution >= 4 is 11.7 Å². The normalized spacial score (nSPS) is 9.48. The van der Waals surface area contributed by atoms with Crippen LogP contribution in [0.4, 0.5) is 14.9 Å². The van der Waals surface area contributed by atoms with Crippen LogP contribution in [0.1, 0.15) is 5.69 Å². The van der Waals surface area contributed by atoms with Crippen LogP contribution in [-0.4, -0.2) is 24.2 Å². The Morgan fingerprint density at radius 2 is 2.00 bits per heavy atom. The van der Waals surface area contributed by atoms with E-state index >= 15 is 0 Å². The average Bonchev–Trinajstić information content (AvgIpc) is 2.54. The second kappa shape index (κ2) is 8.39. The number of aryl methyl sites for hydroxylation is 1. The molecular formula is C17H16FN3O2. The van der Waals surface area contributed by atoms with Crippen molar-refractivity contribution in [3.05, 3.63) is 54.1 Å². The van der Waals surface area contributed by atoms with E-state index in [-0.39, 0.29) is 19.0 Å². The molecule has 1 aromatic heterocycles. The van der Waals surface area contributed by atoms with Crippen molar-refractivity contribution < 1.29 is 13.9 Å². The SMILES string of the molecule is Cc1ccc(OCC#CCNC(=O)Nc2ccc(F)cc2)cn1. The minimum Gasteiger partial charge on any atom is -0.479 e. The number of aromatic nitrogens is 1. The largest absolute Gasteiger partial charge is 0.479 e. The minimum atomic E-state index is -0.408. The van der Waals surface area contributed by atoms with Gasteiger partial charge in [-0.05, 0) is 43.3 Å². The summed E-state index contributed by atoms with van der Waals surface area (Å²) < 4.78 is 18.1. The van der Waals surface area contributed by atoms with E-state index in [1.54, 1.807) is 6.20 Å². The standard InChI is InChI=1S/C17H16FN3O2/c1-13-4-9-16(12-20-13)23-11-3-2-10-19-17(22)21-15-7-5-14(18)6-8-15/h4-9,12H,10-11H2,1H3,(H2,19,21,22). The van der Waals surface area contributed by atoms with Crippen LogP contribution in [0, 0.1) is 24.6 Å². The second-order valence-corrected chi connectivity index (χ2v) is 4.59. The van der Waals surface area contributed by atoms with Crippen LogP contribution < -0.4 is 15.4 Å². The molecule has 0 aliphatic rings. The topological polar surface area (TPSA) is 63.2 Å². The molecule has 6 heteroatoms. The van der Waals surface area contributed by atoms with Crippen molar-refractivity contribution in [1.29, 1.82) is 0 Å². The highest BCUT2D eigenvalue weighted by Crippen LogP contribution is 2.08. The quantitative estimate of drug-likeness (QED) is 0.853.